The van der Waals surface area contributed by atoms with Crippen LogP contribution >= 0.6 is 0 Å². The summed E-state index contributed by atoms with van der Waals surface area (Å²) in [5.41, 5.74) is 12.3. The third kappa shape index (κ3) is 9.55. The average molecular weight is 1050 g/mol. The van der Waals surface area contributed by atoms with Crippen LogP contribution in [0.25, 0.3) is 83.7 Å². The van der Waals surface area contributed by atoms with Crippen molar-refractivity contribution in [2.75, 3.05) is 0 Å². The van der Waals surface area contributed by atoms with Crippen LogP contribution in [0.3, 0.4) is 0 Å². The number of nitrogens with zero attached hydrogens (tertiary/aromatic N) is 7. The van der Waals surface area contributed by atoms with Gasteiger partial charge in [0.15, 0.2) is 5.82 Å². The van der Waals surface area contributed by atoms with E-state index in [1.165, 1.54) is 27.9 Å². The van der Waals surface area contributed by atoms with Crippen molar-refractivity contribution in [2.45, 2.75) is 79.6 Å². The maximum absolute atomic E-state index is 6.36. The summed E-state index contributed by atoms with van der Waals surface area (Å²) in [6, 6.07) is 52.3. The number of imidazole rings is 1. The maximum Gasteiger partial charge on any atom is 0.163 e. The van der Waals surface area contributed by atoms with Gasteiger partial charge in [-0.3, -0.25) is 9.67 Å². The number of fused-ring (bicyclic) bond motifs is 4. The van der Waals surface area contributed by atoms with Crippen LogP contribution in [-0.2, 0) is 44.4 Å². The van der Waals surface area contributed by atoms with Gasteiger partial charge in [-0.25, -0.2) is 15.0 Å². The number of aryl methyl sites for hydroxylation is 1. The molecule has 0 N–H and O–H groups in total. The third-order valence-electron chi connectivity index (χ3n) is 11.5. The Labute approximate surface area is 401 Å². The van der Waals surface area contributed by atoms with Crippen molar-refractivity contribution in [3.8, 4) is 50.7 Å². The SMILES string of the molecule is CC(C)(C)Cc1c(-c2ccc(-c3ccccc3)cc2)cnn1-c1[c-]cccc1.Cn1c(-c2[c-]cc3c(c2)oc2cc(-c4nc(C(C)(C)C)nc(C(C)(C)C)n4)ccc23)nc2ccccc21.[Ir]. The molecule has 4 aromatic heterocycles. The third-order valence-corrected chi connectivity index (χ3v) is 11.5. The summed E-state index contributed by atoms with van der Waals surface area (Å²) in [5, 5.41) is 6.77. The van der Waals surface area contributed by atoms with Crippen LogP contribution in [0.4, 0.5) is 0 Å². The molecule has 10 rings (SSSR count). The minimum atomic E-state index is -0.191. The van der Waals surface area contributed by atoms with Gasteiger partial charge in [-0.2, -0.15) is 29.4 Å². The summed E-state index contributed by atoms with van der Waals surface area (Å²) >= 11 is 0. The van der Waals surface area contributed by atoms with E-state index < -0.39 is 0 Å². The monoisotopic (exact) mass is 1050 g/mol. The summed E-state index contributed by atoms with van der Waals surface area (Å²) in [4.78, 5) is 19.3. The Balaban J connectivity index is 0.000000184. The Kier molecular flexibility index (Phi) is 12.6. The molecule has 8 nitrogen and oxygen atoms in total. The van der Waals surface area contributed by atoms with Gasteiger partial charge < -0.3 is 8.98 Å². The van der Waals surface area contributed by atoms with Crippen molar-refractivity contribution < 1.29 is 24.5 Å². The summed E-state index contributed by atoms with van der Waals surface area (Å²) in [6.07, 6.45) is 2.92. The zero-order valence-electron chi connectivity index (χ0n) is 39.4. The first-order valence-electron chi connectivity index (χ1n) is 22.3. The van der Waals surface area contributed by atoms with Crippen LogP contribution in [-0.4, -0.2) is 34.3 Å². The van der Waals surface area contributed by atoms with Crippen molar-refractivity contribution in [3.63, 3.8) is 0 Å². The molecule has 0 aliphatic heterocycles. The normalized spacial score (nSPS) is 12.0. The first-order chi connectivity index (χ1) is 31.0. The zero-order chi connectivity index (χ0) is 45.7. The van der Waals surface area contributed by atoms with Gasteiger partial charge in [0.25, 0.3) is 0 Å². The predicted molar refractivity (Wildman–Crippen MR) is 265 cm³/mol. The fourth-order valence-electron chi connectivity index (χ4n) is 8.03. The first kappa shape index (κ1) is 46.0. The molecule has 6 aromatic carbocycles. The maximum atomic E-state index is 6.36. The van der Waals surface area contributed by atoms with Gasteiger partial charge in [0.05, 0.1) is 34.3 Å². The van der Waals surface area contributed by atoms with E-state index in [-0.39, 0.29) is 36.4 Å². The van der Waals surface area contributed by atoms with Crippen molar-refractivity contribution in [1.82, 2.24) is 34.3 Å². The Morgan fingerprint density at radius 2 is 1.21 bits per heavy atom. The Morgan fingerprint density at radius 3 is 1.86 bits per heavy atom. The molecule has 335 valence electrons. The van der Waals surface area contributed by atoms with E-state index >= 15 is 0 Å². The van der Waals surface area contributed by atoms with Crippen LogP contribution in [0.15, 0.2) is 144 Å². The fourth-order valence-corrected chi connectivity index (χ4v) is 8.03. The second kappa shape index (κ2) is 18.0. The zero-order valence-corrected chi connectivity index (χ0v) is 41.8. The van der Waals surface area contributed by atoms with Gasteiger partial charge in [-0.1, -0.05) is 153 Å². The quantitative estimate of drug-likeness (QED) is 0.154. The van der Waals surface area contributed by atoms with E-state index in [0.717, 1.165) is 73.7 Å². The molecule has 0 fully saturated rings. The smallest absolute Gasteiger partial charge is 0.163 e. The predicted octanol–water partition coefficient (Wildman–Crippen LogP) is 14.0. The van der Waals surface area contributed by atoms with E-state index in [1.807, 2.05) is 78.6 Å². The molecule has 4 heterocycles. The average Bonchev–Trinajstić information content (AvgIpc) is 3.98. The van der Waals surface area contributed by atoms with Gasteiger partial charge in [0.1, 0.15) is 17.2 Å². The van der Waals surface area contributed by atoms with Crippen molar-refractivity contribution >= 4 is 33.0 Å². The summed E-state index contributed by atoms with van der Waals surface area (Å²) in [6.45, 7) is 19.5. The van der Waals surface area contributed by atoms with Crippen molar-refractivity contribution in [1.29, 1.82) is 0 Å². The number of aromatic nitrogens is 7. The second-order valence-corrected chi connectivity index (χ2v) is 20.1. The van der Waals surface area contributed by atoms with Gasteiger partial charge >= 0.3 is 0 Å². The summed E-state index contributed by atoms with van der Waals surface area (Å²) in [5.74, 6) is 3.10. The van der Waals surface area contributed by atoms with Crippen LogP contribution in [0.1, 0.15) is 79.7 Å². The number of furan rings is 1. The number of hydrogen-bond acceptors (Lipinski definition) is 6. The molecule has 0 unspecified atom stereocenters. The molecule has 0 saturated carbocycles. The van der Waals surface area contributed by atoms with E-state index in [9.17, 15) is 0 Å². The molecule has 10 aromatic rings. The van der Waals surface area contributed by atoms with E-state index in [2.05, 4.69) is 152 Å². The van der Waals surface area contributed by atoms with Gasteiger partial charge in [-0.15, -0.1) is 23.8 Å². The van der Waals surface area contributed by atoms with Gasteiger partial charge in [-0.05, 0) is 57.8 Å². The fraction of sp³-hybridized carbons (Fsp3) is 0.246. The molecule has 0 aliphatic carbocycles. The standard InChI is InChI=1S/C31H30N5O.C26H25N2.Ir/c1-30(2,3)28-33-26(34-29(35-28)31(4,5)6)18-12-14-20-21-15-13-19(17-25(21)37-24(20)16-18)27-32-22-10-8-9-11-23(22)36(27)7;1-26(2,3)18-25-24(19-27-28(25)23-12-8-5-9-13-23)22-16-14-21(15-17-22)20-10-6-4-7-11-20;/h8-12,14-17H,1-7H3;4-12,14-17,19H,18H2,1-3H3;/q2*-1;. The molecule has 0 aliphatic rings. The minimum absolute atomic E-state index is 0. The van der Waals surface area contributed by atoms with Gasteiger partial charge in [0, 0.05) is 49.1 Å². The molecule has 0 atom stereocenters. The van der Waals surface area contributed by atoms with Crippen LogP contribution in [0.5, 0.6) is 0 Å². The molecule has 0 amide bonds. The number of benzene rings is 6. The molecule has 9 heteroatoms. The molecule has 66 heavy (non-hydrogen) atoms. The molecule has 0 spiro atoms. The number of rotatable bonds is 6. The van der Waals surface area contributed by atoms with Crippen molar-refractivity contribution in [2.24, 2.45) is 12.5 Å². The minimum Gasteiger partial charge on any atom is -0.476 e. The Hall–Kier alpha value is -6.54. The molecule has 1 radical (unpaired) electrons. The summed E-state index contributed by atoms with van der Waals surface area (Å²) in [7, 11) is 2.03. The van der Waals surface area contributed by atoms with Crippen molar-refractivity contribution in [3.05, 3.63) is 169 Å². The van der Waals surface area contributed by atoms with E-state index in [1.54, 1.807) is 0 Å². The van der Waals surface area contributed by atoms with Crippen LogP contribution in [0, 0.1) is 17.5 Å². The van der Waals surface area contributed by atoms with Gasteiger partial charge in [0.2, 0.25) is 0 Å². The first-order valence-corrected chi connectivity index (χ1v) is 22.3. The molecular weight excluding hydrogens is 991 g/mol. The number of para-hydroxylation sites is 3. The molecule has 0 saturated heterocycles. The topological polar surface area (TPSA) is 87.5 Å². The molecular formula is C57H55IrN7O-2. The Bertz CT molecular complexity index is 3260. The van der Waals surface area contributed by atoms with E-state index in [0.29, 0.717) is 5.82 Å². The molecule has 0 bridgehead atoms. The second-order valence-electron chi connectivity index (χ2n) is 20.1. The Morgan fingerprint density at radius 1 is 0.591 bits per heavy atom. The number of hydrogen-bond donors (Lipinski definition) is 0. The van der Waals surface area contributed by atoms with Crippen LogP contribution < -0.4 is 0 Å². The van der Waals surface area contributed by atoms with Crippen LogP contribution in [0.2, 0.25) is 0 Å². The summed E-state index contributed by atoms with van der Waals surface area (Å²) < 4.78 is 10.5. The largest absolute Gasteiger partial charge is 0.476 e. The van der Waals surface area contributed by atoms with E-state index in [4.69, 9.17) is 29.5 Å².